The Morgan fingerprint density at radius 1 is 1.34 bits per heavy atom. The van der Waals surface area contributed by atoms with Crippen molar-refractivity contribution in [1.29, 1.82) is 0 Å². The van der Waals surface area contributed by atoms with E-state index in [0.29, 0.717) is 6.54 Å². The highest BCUT2D eigenvalue weighted by atomic mass is 32.2. The number of aliphatic hydroxyl groups is 1. The van der Waals surface area contributed by atoms with Crippen LogP contribution in [0.15, 0.2) is 29.8 Å². The number of hydrogen-bond acceptors (Lipinski definition) is 7. The molecule has 9 heteroatoms. The average Bonchev–Trinajstić information content (AvgIpc) is 3.35. The second-order valence-corrected chi connectivity index (χ2v) is 10.5. The molecule has 1 fully saturated rings. The van der Waals surface area contributed by atoms with Gasteiger partial charge in [-0.3, -0.25) is 9.59 Å². The predicted molar refractivity (Wildman–Crippen MR) is 128 cm³/mol. The highest BCUT2D eigenvalue weighted by Crippen LogP contribution is 2.30. The lowest BCUT2D eigenvalue weighted by Gasteiger charge is -2.33. The number of nitrogens with one attached hydrogen (secondary N) is 1. The van der Waals surface area contributed by atoms with Crippen LogP contribution in [-0.2, 0) is 20.3 Å². The average molecular weight is 478 g/mol. The quantitative estimate of drug-likeness (QED) is 0.594. The fourth-order valence-corrected chi connectivity index (χ4v) is 5.14. The Hall–Kier alpha value is -1.94. The molecule has 3 atom stereocenters. The van der Waals surface area contributed by atoms with Gasteiger partial charge in [-0.25, -0.2) is 4.98 Å². The second-order valence-electron chi connectivity index (χ2n) is 9.09. The number of thiazole rings is 1. The maximum Gasteiger partial charge on any atom is 0.254 e. The third kappa shape index (κ3) is 5.70. The molecule has 0 saturated carbocycles. The zero-order valence-electron chi connectivity index (χ0n) is 19.1. The standard InChI is InChI=1S/C23H31N3O4S2/c1-14-19(32-13-25-14)16-8-6-15(7-9-16)11-24-21(28)18-10-17(27)12-26(18)22(29)20(30-31-5)23(2,3)4/h6-9,13,17-18,20,27H,10-12H2,1-5H3,(H,24,28)/t17-,18+,20-/m1/s1. The molecule has 2 heterocycles. The van der Waals surface area contributed by atoms with E-state index >= 15 is 0 Å². The zero-order valence-corrected chi connectivity index (χ0v) is 20.8. The number of hydrogen-bond donors (Lipinski definition) is 2. The molecule has 1 aliphatic rings. The van der Waals surface area contributed by atoms with E-state index in [1.54, 1.807) is 17.6 Å². The van der Waals surface area contributed by atoms with Crippen LogP contribution in [0.2, 0.25) is 0 Å². The molecule has 2 aromatic rings. The number of rotatable bonds is 7. The largest absolute Gasteiger partial charge is 0.391 e. The van der Waals surface area contributed by atoms with Gasteiger partial charge in [0.2, 0.25) is 5.91 Å². The van der Waals surface area contributed by atoms with Gasteiger partial charge in [0, 0.05) is 25.8 Å². The number of benzene rings is 1. The van der Waals surface area contributed by atoms with Crippen molar-refractivity contribution in [2.45, 2.75) is 58.9 Å². The molecule has 1 aliphatic heterocycles. The summed E-state index contributed by atoms with van der Waals surface area (Å²) in [6.45, 7) is 8.22. The highest BCUT2D eigenvalue weighted by Gasteiger charge is 2.44. The van der Waals surface area contributed by atoms with Gasteiger partial charge in [0.15, 0.2) is 6.10 Å². The third-order valence-electron chi connectivity index (χ3n) is 5.50. The molecule has 0 unspecified atom stereocenters. The Morgan fingerprint density at radius 2 is 2.03 bits per heavy atom. The second kappa shape index (κ2) is 10.3. The fraction of sp³-hybridized carbons (Fsp3) is 0.522. The molecular formula is C23H31N3O4S2. The first-order valence-corrected chi connectivity index (χ1v) is 12.6. The number of carbonyl (C=O) groups excluding carboxylic acids is 2. The van der Waals surface area contributed by atoms with Crippen molar-refractivity contribution in [3.05, 3.63) is 41.0 Å². The number of β-amino-alcohol motifs (C(OH)–C–C–N with tert-alkyl or cyclic N) is 1. The van der Waals surface area contributed by atoms with Crippen LogP contribution in [0.1, 0.15) is 38.4 Å². The molecule has 0 radical (unpaired) electrons. The highest BCUT2D eigenvalue weighted by molar-refractivity contribution is 7.93. The molecule has 3 rings (SSSR count). The molecular weight excluding hydrogens is 446 g/mol. The zero-order chi connectivity index (χ0) is 23.5. The van der Waals surface area contributed by atoms with E-state index in [-0.39, 0.29) is 24.8 Å². The number of aryl methyl sites for hydroxylation is 1. The minimum Gasteiger partial charge on any atom is -0.391 e. The molecule has 1 saturated heterocycles. The van der Waals surface area contributed by atoms with Gasteiger partial charge in [-0.15, -0.1) is 11.3 Å². The monoisotopic (exact) mass is 477 g/mol. The van der Waals surface area contributed by atoms with E-state index in [1.807, 2.05) is 57.5 Å². The van der Waals surface area contributed by atoms with Crippen molar-refractivity contribution in [2.75, 3.05) is 12.8 Å². The van der Waals surface area contributed by atoms with Crippen LogP contribution in [0.5, 0.6) is 0 Å². The summed E-state index contributed by atoms with van der Waals surface area (Å²) in [5.41, 5.74) is 4.44. The van der Waals surface area contributed by atoms with Crippen molar-refractivity contribution in [1.82, 2.24) is 15.2 Å². The molecule has 1 aromatic carbocycles. The molecule has 174 valence electrons. The molecule has 2 amide bonds. The van der Waals surface area contributed by atoms with E-state index < -0.39 is 23.7 Å². The molecule has 0 bridgehead atoms. The summed E-state index contributed by atoms with van der Waals surface area (Å²) >= 11 is 2.73. The van der Waals surface area contributed by atoms with E-state index in [4.69, 9.17) is 4.18 Å². The normalized spacial score (nSPS) is 19.8. The fourth-order valence-electron chi connectivity index (χ4n) is 3.77. The predicted octanol–water partition coefficient (Wildman–Crippen LogP) is 3.41. The molecule has 1 aromatic heterocycles. The first-order valence-electron chi connectivity index (χ1n) is 10.6. The van der Waals surface area contributed by atoms with Gasteiger partial charge in [-0.2, -0.15) is 0 Å². The topological polar surface area (TPSA) is 91.8 Å². The van der Waals surface area contributed by atoms with Crippen molar-refractivity contribution in [3.8, 4) is 10.4 Å². The number of amides is 2. The van der Waals surface area contributed by atoms with Crippen LogP contribution in [0.25, 0.3) is 10.4 Å². The van der Waals surface area contributed by atoms with Gasteiger partial charge in [0.1, 0.15) is 6.04 Å². The van der Waals surface area contributed by atoms with Crippen LogP contribution in [0.4, 0.5) is 0 Å². The summed E-state index contributed by atoms with van der Waals surface area (Å²) in [6.07, 6.45) is 0.542. The summed E-state index contributed by atoms with van der Waals surface area (Å²) < 4.78 is 5.63. The minimum atomic E-state index is -0.730. The Kier molecular flexibility index (Phi) is 7.97. The van der Waals surface area contributed by atoms with Gasteiger partial charge in [-0.1, -0.05) is 45.0 Å². The van der Waals surface area contributed by atoms with Crippen LogP contribution in [0, 0.1) is 12.3 Å². The van der Waals surface area contributed by atoms with Gasteiger partial charge in [0.05, 0.1) is 22.2 Å². The van der Waals surface area contributed by atoms with E-state index in [9.17, 15) is 14.7 Å². The van der Waals surface area contributed by atoms with Crippen LogP contribution < -0.4 is 5.32 Å². The van der Waals surface area contributed by atoms with E-state index in [2.05, 4.69) is 10.3 Å². The van der Waals surface area contributed by atoms with Crippen molar-refractivity contribution < 1.29 is 18.9 Å². The number of carbonyl (C=O) groups is 2. The number of likely N-dealkylation sites (tertiary alicyclic amines) is 1. The lowest BCUT2D eigenvalue weighted by molar-refractivity contribution is -0.147. The third-order valence-corrected chi connectivity index (χ3v) is 6.86. The van der Waals surface area contributed by atoms with E-state index in [0.717, 1.165) is 33.7 Å². The summed E-state index contributed by atoms with van der Waals surface area (Å²) in [5, 5.41) is 13.1. The van der Waals surface area contributed by atoms with Crippen LogP contribution >= 0.6 is 23.4 Å². The van der Waals surface area contributed by atoms with Gasteiger partial charge in [0.25, 0.3) is 5.91 Å². The summed E-state index contributed by atoms with van der Waals surface area (Å²) in [4.78, 5) is 33.0. The first-order chi connectivity index (χ1) is 15.1. The smallest absolute Gasteiger partial charge is 0.254 e. The SMILES string of the molecule is CSO[C@H](C(=O)N1C[C@H](O)C[C@H]1C(=O)NCc1ccc(-c2scnc2C)cc1)C(C)(C)C. The van der Waals surface area contributed by atoms with Gasteiger partial charge >= 0.3 is 0 Å². The Balaban J connectivity index is 1.65. The molecule has 0 aliphatic carbocycles. The number of nitrogens with zero attached hydrogens (tertiary/aromatic N) is 2. The summed E-state index contributed by atoms with van der Waals surface area (Å²) in [6, 6.07) is 7.27. The molecule has 7 nitrogen and oxygen atoms in total. The lowest BCUT2D eigenvalue weighted by Crippen LogP contribution is -2.52. The number of aromatic nitrogens is 1. The van der Waals surface area contributed by atoms with Crippen LogP contribution in [0.3, 0.4) is 0 Å². The summed E-state index contributed by atoms with van der Waals surface area (Å²) in [7, 11) is 0. The Labute approximate surface area is 197 Å². The molecule has 0 spiro atoms. The molecule has 2 N–H and O–H groups in total. The first kappa shape index (κ1) is 24.7. The Bertz CT molecular complexity index is 939. The van der Waals surface area contributed by atoms with Crippen molar-refractivity contribution in [2.24, 2.45) is 5.41 Å². The molecule has 32 heavy (non-hydrogen) atoms. The number of aliphatic hydroxyl groups excluding tert-OH is 1. The maximum absolute atomic E-state index is 13.2. The minimum absolute atomic E-state index is 0.129. The lowest BCUT2D eigenvalue weighted by atomic mass is 9.88. The van der Waals surface area contributed by atoms with Gasteiger partial charge < -0.3 is 19.5 Å². The van der Waals surface area contributed by atoms with Crippen molar-refractivity contribution in [3.63, 3.8) is 0 Å². The Morgan fingerprint density at radius 3 is 2.59 bits per heavy atom. The maximum atomic E-state index is 13.2. The van der Waals surface area contributed by atoms with Gasteiger partial charge in [-0.05, 0) is 35.5 Å². The van der Waals surface area contributed by atoms with E-state index in [1.165, 1.54) is 4.90 Å². The van der Waals surface area contributed by atoms with Crippen molar-refractivity contribution >= 4 is 35.2 Å². The summed E-state index contributed by atoms with van der Waals surface area (Å²) in [5.74, 6) is -0.540. The van der Waals surface area contributed by atoms with Crippen LogP contribution in [-0.4, -0.2) is 57.9 Å².